The van der Waals surface area contributed by atoms with Gasteiger partial charge < -0.3 is 9.64 Å². The van der Waals surface area contributed by atoms with Crippen molar-refractivity contribution in [2.75, 3.05) is 25.1 Å². The van der Waals surface area contributed by atoms with Crippen LogP contribution in [-0.2, 0) is 11.3 Å². The van der Waals surface area contributed by atoms with E-state index in [0.717, 1.165) is 27.9 Å². The zero-order valence-electron chi connectivity index (χ0n) is 18.2. The smallest absolute Gasteiger partial charge is 0.269 e. The number of nitrogens with zero attached hydrogens (tertiary/aromatic N) is 3. The fraction of sp³-hybridized carbons (Fsp3) is 0.318. The molecule has 1 saturated heterocycles. The second kappa shape index (κ2) is 9.46. The van der Waals surface area contributed by atoms with Crippen molar-refractivity contribution in [1.82, 2.24) is 9.47 Å². The summed E-state index contributed by atoms with van der Waals surface area (Å²) in [6.45, 7) is 7.72. The minimum absolute atomic E-state index is 0.0867. The maximum Gasteiger partial charge on any atom is 0.269 e. The summed E-state index contributed by atoms with van der Waals surface area (Å²) in [5, 5.41) is 1.05. The molecule has 4 rings (SSSR count). The lowest BCUT2D eigenvalue weighted by Crippen LogP contribution is -2.33. The first-order valence-electron chi connectivity index (χ1n) is 10.3. The number of thiocarbonyl (C=S) groups is 1. The number of fused-ring (bicyclic) bond motifs is 1. The van der Waals surface area contributed by atoms with Crippen LogP contribution in [0.1, 0.15) is 20.8 Å². The van der Waals surface area contributed by atoms with E-state index in [0.29, 0.717) is 31.5 Å². The van der Waals surface area contributed by atoms with Crippen molar-refractivity contribution in [1.29, 1.82) is 0 Å². The first kappa shape index (κ1) is 23.2. The highest BCUT2D eigenvalue weighted by Gasteiger charge is 2.32. The molecule has 0 spiro atoms. The van der Waals surface area contributed by atoms with E-state index in [2.05, 4.69) is 17.9 Å². The number of anilines is 1. The molecular weight excluding hydrogens is 483 g/mol. The molecule has 0 unspecified atom stereocenters. The van der Waals surface area contributed by atoms with Gasteiger partial charge in [-0.3, -0.25) is 19.1 Å². The average molecular weight is 506 g/mol. The number of rotatable bonds is 5. The molecule has 2 aliphatic heterocycles. The third kappa shape index (κ3) is 3.93. The van der Waals surface area contributed by atoms with Crippen molar-refractivity contribution in [3.63, 3.8) is 0 Å². The largest absolute Gasteiger partial charge is 0.497 e. The van der Waals surface area contributed by atoms with E-state index in [-0.39, 0.29) is 11.5 Å². The maximum atomic E-state index is 13.1. The molecule has 0 radical (unpaired) electrons. The van der Waals surface area contributed by atoms with Crippen LogP contribution in [-0.4, -0.2) is 39.9 Å². The minimum atomic E-state index is -0.122. The first-order chi connectivity index (χ1) is 15.4. The number of methoxy groups -OCH3 is 1. The monoisotopic (exact) mass is 505 g/mol. The molecule has 6 nitrogen and oxygen atoms in total. The summed E-state index contributed by atoms with van der Waals surface area (Å²) >= 11 is 9.63. The summed E-state index contributed by atoms with van der Waals surface area (Å²) in [6.07, 6.45) is 3.84. The highest BCUT2D eigenvalue weighted by atomic mass is 32.2. The summed E-state index contributed by atoms with van der Waals surface area (Å²) in [4.78, 5) is 31.3. The third-order valence-corrected chi connectivity index (χ3v) is 9.06. The Kier molecular flexibility index (Phi) is 6.85. The van der Waals surface area contributed by atoms with Gasteiger partial charge in [0.05, 0.1) is 22.4 Å². The normalized spacial score (nSPS) is 19.5. The summed E-state index contributed by atoms with van der Waals surface area (Å²) in [5.41, 5.74) is 1.02. The molecular formula is C22H23N3O3S4. The molecule has 10 heteroatoms. The third-order valence-electron chi connectivity index (χ3n) is 5.21. The summed E-state index contributed by atoms with van der Waals surface area (Å²) in [6, 6.07) is 6.04. The van der Waals surface area contributed by atoms with E-state index in [4.69, 9.17) is 17.0 Å². The van der Waals surface area contributed by atoms with Gasteiger partial charge in [-0.15, -0.1) is 11.3 Å². The topological polar surface area (TPSA) is 54.8 Å². The number of allylic oxidation sites excluding steroid dienone is 1. The van der Waals surface area contributed by atoms with Crippen molar-refractivity contribution in [2.24, 2.45) is 0 Å². The van der Waals surface area contributed by atoms with Crippen LogP contribution in [0, 0.1) is 0 Å². The van der Waals surface area contributed by atoms with Crippen LogP contribution in [0.3, 0.4) is 0 Å². The Labute approximate surface area is 204 Å². The number of hydrogen-bond acceptors (Lipinski definition) is 8. The Bertz CT molecular complexity index is 1310. The van der Waals surface area contributed by atoms with Crippen LogP contribution in [0.4, 0.5) is 5.69 Å². The van der Waals surface area contributed by atoms with Gasteiger partial charge >= 0.3 is 0 Å². The Hall–Kier alpha value is -2.01. The predicted octanol–water partition coefficient (Wildman–Crippen LogP) is 3.18. The predicted molar refractivity (Wildman–Crippen MR) is 139 cm³/mol. The van der Waals surface area contributed by atoms with Crippen LogP contribution in [0.25, 0.3) is 11.0 Å². The van der Waals surface area contributed by atoms with E-state index < -0.39 is 0 Å². The minimum Gasteiger partial charge on any atom is -0.497 e. The molecule has 32 heavy (non-hydrogen) atoms. The van der Waals surface area contributed by atoms with Crippen molar-refractivity contribution in [2.45, 2.75) is 32.2 Å². The number of thiazole rings is 1. The van der Waals surface area contributed by atoms with Gasteiger partial charge in [0, 0.05) is 30.6 Å². The lowest BCUT2D eigenvalue weighted by molar-refractivity contribution is -0.120. The van der Waals surface area contributed by atoms with Crippen LogP contribution < -0.4 is 24.4 Å². The molecule has 2 aliphatic rings. The van der Waals surface area contributed by atoms with Gasteiger partial charge in [-0.05, 0) is 45.1 Å². The van der Waals surface area contributed by atoms with Crippen LogP contribution in [0.5, 0.6) is 5.75 Å². The number of carbonyl (C=O) groups excluding carboxylic acids is 1. The zero-order chi connectivity index (χ0) is 23.0. The van der Waals surface area contributed by atoms with Gasteiger partial charge in [0.1, 0.15) is 19.6 Å². The molecule has 1 amide bonds. The number of amides is 1. The number of ether oxygens (including phenoxy) is 1. The van der Waals surface area contributed by atoms with Crippen molar-refractivity contribution < 1.29 is 9.53 Å². The molecule has 168 valence electrons. The fourth-order valence-corrected chi connectivity index (χ4v) is 7.35. The molecule has 2 aromatic rings. The summed E-state index contributed by atoms with van der Waals surface area (Å²) in [5.74, 6) is 0.695. The first-order valence-corrected chi connectivity index (χ1v) is 13.1. The van der Waals surface area contributed by atoms with Gasteiger partial charge in [-0.2, -0.15) is 0 Å². The van der Waals surface area contributed by atoms with E-state index in [1.165, 1.54) is 23.1 Å². The molecule has 0 bridgehead atoms. The Morgan fingerprint density at radius 3 is 2.41 bits per heavy atom. The lowest BCUT2D eigenvalue weighted by Gasteiger charge is -2.18. The fourth-order valence-electron chi connectivity index (χ4n) is 3.59. The van der Waals surface area contributed by atoms with Crippen molar-refractivity contribution in [3.8, 4) is 5.75 Å². The van der Waals surface area contributed by atoms with E-state index in [1.54, 1.807) is 28.3 Å². The Balaban J connectivity index is 1.79. The van der Waals surface area contributed by atoms with E-state index >= 15 is 0 Å². The quantitative estimate of drug-likeness (QED) is 0.579. The summed E-state index contributed by atoms with van der Waals surface area (Å²) in [7, 11) is 1.66. The van der Waals surface area contributed by atoms with E-state index in [9.17, 15) is 9.59 Å². The highest BCUT2D eigenvalue weighted by molar-refractivity contribution is 8.30. The Morgan fingerprint density at radius 1 is 1.03 bits per heavy atom. The van der Waals surface area contributed by atoms with Crippen LogP contribution in [0.15, 0.2) is 39.0 Å². The van der Waals surface area contributed by atoms with Gasteiger partial charge in [-0.1, -0.05) is 35.7 Å². The molecule has 0 saturated carbocycles. The standard InChI is InChI=1S/C22H23N3O3S4/c1-5-23-14-12-13(28-4)8-9-15(14)30-17(23)11-10-16-19(26)24(6-2)21(31-16)18-20(27)25(7-3)22(29)32-18/h8-12H,5-7H2,1-4H3. The van der Waals surface area contributed by atoms with Crippen LogP contribution >= 0.6 is 47.1 Å². The molecule has 1 aromatic carbocycles. The number of thioether (sulfide) groups is 2. The van der Waals surface area contributed by atoms with Gasteiger partial charge in [0.25, 0.3) is 11.5 Å². The second-order valence-electron chi connectivity index (χ2n) is 6.92. The van der Waals surface area contributed by atoms with Gasteiger partial charge in [0.2, 0.25) is 0 Å². The number of benzene rings is 1. The molecule has 1 aromatic heterocycles. The maximum absolute atomic E-state index is 13.1. The van der Waals surface area contributed by atoms with E-state index in [1.807, 2.05) is 38.1 Å². The second-order valence-corrected chi connectivity index (χ2v) is 10.7. The summed E-state index contributed by atoms with van der Waals surface area (Å²) < 4.78 is 8.85. The average Bonchev–Trinajstić information content (AvgIpc) is 3.41. The highest BCUT2D eigenvalue weighted by Crippen LogP contribution is 2.47. The number of carbonyl (C=O) groups is 1. The van der Waals surface area contributed by atoms with Gasteiger partial charge in [0.15, 0.2) is 0 Å². The molecule has 0 N–H and O–H groups in total. The number of aromatic nitrogens is 1. The SMILES string of the molecule is CCN1C(=O)C(=c2sc(=CC=C3Sc4ccc(OC)cc4N3CC)c(=O)n2CC)SC1=S. The van der Waals surface area contributed by atoms with Gasteiger partial charge in [-0.25, -0.2) is 0 Å². The zero-order valence-corrected chi connectivity index (χ0v) is 21.5. The molecule has 3 heterocycles. The molecule has 0 atom stereocenters. The van der Waals surface area contributed by atoms with Crippen LogP contribution in [0.2, 0.25) is 0 Å². The van der Waals surface area contributed by atoms with Crippen molar-refractivity contribution >= 4 is 74.0 Å². The molecule has 1 fully saturated rings. The number of hydrogen-bond donors (Lipinski definition) is 0. The van der Waals surface area contributed by atoms with Crippen molar-refractivity contribution in [3.05, 3.63) is 48.9 Å². The Morgan fingerprint density at radius 2 is 1.78 bits per heavy atom. The lowest BCUT2D eigenvalue weighted by atomic mass is 10.2. The molecule has 0 aliphatic carbocycles.